The van der Waals surface area contributed by atoms with E-state index >= 15 is 0 Å². The molecule has 1 aromatic heterocycles. The number of esters is 1. The fraction of sp³-hybridized carbons (Fsp3) is 0.545. The monoisotopic (exact) mass is 429 g/mol. The number of rotatable bonds is 6. The number of likely N-dealkylation sites (tertiary alicyclic amines) is 1. The highest BCUT2D eigenvalue weighted by Gasteiger charge is 2.33. The van der Waals surface area contributed by atoms with Crippen molar-refractivity contribution < 1.29 is 14.3 Å². The van der Waals surface area contributed by atoms with Crippen LogP contribution in [-0.2, 0) is 14.3 Å². The van der Waals surface area contributed by atoms with E-state index in [4.69, 9.17) is 9.72 Å². The molecule has 160 valence electrons. The zero-order valence-electron chi connectivity index (χ0n) is 17.4. The van der Waals surface area contributed by atoms with Crippen molar-refractivity contribution in [2.24, 2.45) is 5.92 Å². The molecular weight excluding hydrogens is 402 g/mol. The van der Waals surface area contributed by atoms with Crippen molar-refractivity contribution >= 4 is 34.5 Å². The number of aromatic nitrogens is 2. The molecule has 4 rings (SSSR count). The summed E-state index contributed by atoms with van der Waals surface area (Å²) in [7, 11) is 0. The normalized spacial score (nSPS) is 18.4. The Hall–Kier alpha value is -2.35. The number of hydrogen-bond acceptors (Lipinski definition) is 6. The fourth-order valence-electron chi connectivity index (χ4n) is 3.92. The second-order valence-electron chi connectivity index (χ2n) is 7.93. The fourth-order valence-corrected chi connectivity index (χ4v) is 4.99. The molecule has 1 aliphatic heterocycles. The van der Waals surface area contributed by atoms with E-state index < -0.39 is 0 Å². The van der Waals surface area contributed by atoms with E-state index in [1.807, 2.05) is 30.0 Å². The quantitative estimate of drug-likeness (QED) is 0.399. The molecule has 1 saturated carbocycles. The number of piperidine rings is 1. The first-order valence-electron chi connectivity index (χ1n) is 10.6. The largest absolute Gasteiger partial charge is 0.466 e. The predicted octanol–water partition coefficient (Wildman–Crippen LogP) is 3.01. The Morgan fingerprint density at radius 2 is 1.90 bits per heavy atom. The minimum absolute atomic E-state index is 0.0204. The molecule has 2 fully saturated rings. The molecule has 0 unspecified atom stereocenters. The van der Waals surface area contributed by atoms with Crippen molar-refractivity contribution in [1.82, 2.24) is 14.5 Å². The van der Waals surface area contributed by atoms with Gasteiger partial charge in [-0.15, -0.1) is 0 Å². The zero-order valence-corrected chi connectivity index (χ0v) is 18.2. The maximum Gasteiger partial charge on any atom is 0.309 e. The lowest BCUT2D eigenvalue weighted by Crippen LogP contribution is -2.43. The first-order chi connectivity index (χ1) is 14.5. The van der Waals surface area contributed by atoms with Crippen molar-refractivity contribution in [3.05, 3.63) is 34.6 Å². The molecule has 2 heterocycles. The second-order valence-corrected chi connectivity index (χ2v) is 9.24. The Bertz CT molecular complexity index is 1010. The van der Waals surface area contributed by atoms with Crippen LogP contribution < -0.4 is 5.56 Å². The number of carbonyl (C=O) groups is 2. The van der Waals surface area contributed by atoms with Gasteiger partial charge < -0.3 is 9.64 Å². The Kier molecular flexibility index (Phi) is 6.13. The van der Waals surface area contributed by atoms with Gasteiger partial charge >= 0.3 is 5.97 Å². The summed E-state index contributed by atoms with van der Waals surface area (Å²) in [6, 6.07) is 7.54. The van der Waals surface area contributed by atoms with Crippen molar-refractivity contribution in [2.75, 3.05) is 19.7 Å². The van der Waals surface area contributed by atoms with Gasteiger partial charge in [-0.05, 0) is 51.7 Å². The van der Waals surface area contributed by atoms with Crippen LogP contribution >= 0.6 is 11.8 Å². The lowest BCUT2D eigenvalue weighted by Gasteiger charge is -2.32. The highest BCUT2D eigenvalue weighted by atomic mass is 32.2. The summed E-state index contributed by atoms with van der Waals surface area (Å²) in [5.41, 5.74) is 0.636. The van der Waals surface area contributed by atoms with Gasteiger partial charge in [0.1, 0.15) is 0 Å². The van der Waals surface area contributed by atoms with Gasteiger partial charge in [-0.25, -0.2) is 4.98 Å². The molecule has 7 nitrogen and oxygen atoms in total. The van der Waals surface area contributed by atoms with Crippen LogP contribution in [0, 0.1) is 5.92 Å². The number of carbonyl (C=O) groups excluding carboxylic acids is 2. The van der Waals surface area contributed by atoms with Crippen LogP contribution in [0.4, 0.5) is 0 Å². The van der Waals surface area contributed by atoms with Crippen molar-refractivity contribution in [3.63, 3.8) is 0 Å². The molecule has 1 amide bonds. The van der Waals surface area contributed by atoms with E-state index in [1.54, 1.807) is 17.6 Å². The summed E-state index contributed by atoms with van der Waals surface area (Å²) < 4.78 is 6.87. The number of fused-ring (bicyclic) bond motifs is 1. The van der Waals surface area contributed by atoms with Gasteiger partial charge in [0.05, 0.1) is 28.7 Å². The summed E-state index contributed by atoms with van der Waals surface area (Å²) in [5, 5.41) is 0.874. The number of thioether (sulfide) groups is 1. The number of hydrogen-bond donors (Lipinski definition) is 0. The Labute approximate surface area is 179 Å². The maximum absolute atomic E-state index is 13.0. The van der Waals surface area contributed by atoms with E-state index in [0.717, 1.165) is 12.8 Å². The highest BCUT2D eigenvalue weighted by Crippen LogP contribution is 2.38. The van der Waals surface area contributed by atoms with E-state index in [2.05, 4.69) is 0 Å². The first kappa shape index (κ1) is 20.9. The third kappa shape index (κ3) is 4.24. The lowest BCUT2D eigenvalue weighted by atomic mass is 9.97. The number of ether oxygens (including phenoxy) is 1. The summed E-state index contributed by atoms with van der Waals surface area (Å²) >= 11 is 1.35. The standard InChI is InChI=1S/C22H27N3O4S/c1-3-29-21(28)15-10-12-24(13-11-15)19(26)14(2)30-22-23-18-7-5-4-6-17(18)20(27)25(22)16-8-9-16/h4-7,14-16H,3,8-13H2,1-2H3/t14-/m0/s1. The van der Waals surface area contributed by atoms with Gasteiger partial charge in [-0.1, -0.05) is 23.9 Å². The number of para-hydroxylation sites is 1. The SMILES string of the molecule is CCOC(=O)C1CCN(C(=O)[C@H](C)Sc2nc3ccccc3c(=O)n2C2CC2)CC1. The van der Waals surface area contributed by atoms with Crippen LogP contribution in [0.25, 0.3) is 10.9 Å². The Morgan fingerprint density at radius 3 is 2.57 bits per heavy atom. The average molecular weight is 430 g/mol. The molecule has 1 aromatic carbocycles. The molecular formula is C22H27N3O4S. The van der Waals surface area contributed by atoms with Gasteiger partial charge in [0, 0.05) is 19.1 Å². The Balaban J connectivity index is 1.48. The van der Waals surface area contributed by atoms with Gasteiger partial charge in [0.25, 0.3) is 5.56 Å². The zero-order chi connectivity index (χ0) is 21.3. The van der Waals surface area contributed by atoms with Gasteiger partial charge in [0.15, 0.2) is 5.16 Å². The van der Waals surface area contributed by atoms with Gasteiger partial charge in [-0.2, -0.15) is 0 Å². The summed E-state index contributed by atoms with van der Waals surface area (Å²) in [4.78, 5) is 44.5. The molecule has 1 atom stereocenters. The molecule has 0 radical (unpaired) electrons. The van der Waals surface area contributed by atoms with Crippen molar-refractivity contribution in [2.45, 2.75) is 56.0 Å². The van der Waals surface area contributed by atoms with Crippen LogP contribution in [0.1, 0.15) is 45.6 Å². The first-order valence-corrected chi connectivity index (χ1v) is 11.5. The molecule has 0 N–H and O–H groups in total. The molecule has 0 spiro atoms. The second kappa shape index (κ2) is 8.79. The minimum Gasteiger partial charge on any atom is -0.466 e. The van der Waals surface area contributed by atoms with E-state index in [-0.39, 0.29) is 34.6 Å². The van der Waals surface area contributed by atoms with E-state index in [9.17, 15) is 14.4 Å². The smallest absolute Gasteiger partial charge is 0.309 e. The number of nitrogens with zero attached hydrogens (tertiary/aromatic N) is 3. The maximum atomic E-state index is 13.0. The minimum atomic E-state index is -0.359. The third-order valence-electron chi connectivity index (χ3n) is 5.74. The van der Waals surface area contributed by atoms with E-state index in [1.165, 1.54) is 11.8 Å². The van der Waals surface area contributed by atoms with E-state index in [0.29, 0.717) is 48.6 Å². The van der Waals surface area contributed by atoms with Crippen LogP contribution in [0.3, 0.4) is 0 Å². The van der Waals surface area contributed by atoms with Gasteiger partial charge in [-0.3, -0.25) is 19.0 Å². The van der Waals surface area contributed by atoms with Crippen LogP contribution in [0.5, 0.6) is 0 Å². The van der Waals surface area contributed by atoms with Crippen LogP contribution in [0.15, 0.2) is 34.2 Å². The van der Waals surface area contributed by atoms with Crippen molar-refractivity contribution in [1.29, 1.82) is 0 Å². The molecule has 2 aliphatic rings. The molecule has 1 saturated heterocycles. The molecule has 30 heavy (non-hydrogen) atoms. The van der Waals surface area contributed by atoms with Gasteiger partial charge in [0.2, 0.25) is 5.91 Å². The topological polar surface area (TPSA) is 81.5 Å². The Morgan fingerprint density at radius 1 is 1.20 bits per heavy atom. The summed E-state index contributed by atoms with van der Waals surface area (Å²) in [5.74, 6) is -0.271. The molecule has 8 heteroatoms. The molecule has 1 aliphatic carbocycles. The average Bonchev–Trinajstić information content (AvgIpc) is 3.58. The molecule has 0 bridgehead atoms. The predicted molar refractivity (Wildman–Crippen MR) is 116 cm³/mol. The van der Waals surface area contributed by atoms with Crippen LogP contribution in [0.2, 0.25) is 0 Å². The summed E-state index contributed by atoms with van der Waals surface area (Å²) in [6.45, 7) is 5.15. The van der Waals surface area contributed by atoms with Crippen LogP contribution in [-0.4, -0.2) is 51.3 Å². The van der Waals surface area contributed by atoms with Crippen molar-refractivity contribution in [3.8, 4) is 0 Å². The highest BCUT2D eigenvalue weighted by molar-refractivity contribution is 8.00. The third-order valence-corrected chi connectivity index (χ3v) is 6.80. The lowest BCUT2D eigenvalue weighted by molar-refractivity contribution is -0.151. The molecule has 2 aromatic rings. The summed E-state index contributed by atoms with van der Waals surface area (Å²) in [6.07, 6.45) is 3.19. The number of benzene rings is 1. The number of amides is 1.